The second kappa shape index (κ2) is 5.28. The second-order valence-corrected chi connectivity index (χ2v) is 7.18. The Morgan fingerprint density at radius 1 is 1.16 bits per heavy atom. The number of hydrogen-bond donors (Lipinski definition) is 1. The molecule has 1 fully saturated rings. The van der Waals surface area contributed by atoms with E-state index in [-0.39, 0.29) is 0 Å². The van der Waals surface area contributed by atoms with Crippen LogP contribution in [-0.4, -0.2) is 6.54 Å². The van der Waals surface area contributed by atoms with Crippen molar-refractivity contribution in [2.24, 2.45) is 11.3 Å². The molecule has 1 N–H and O–H groups in total. The molecule has 2 aliphatic rings. The largest absolute Gasteiger partial charge is 0.309 e. The van der Waals surface area contributed by atoms with Gasteiger partial charge >= 0.3 is 0 Å². The summed E-state index contributed by atoms with van der Waals surface area (Å²) in [5.74, 6) is 0.921. The lowest BCUT2D eigenvalue weighted by atomic mass is 9.70. The summed E-state index contributed by atoms with van der Waals surface area (Å²) in [4.78, 5) is 0. The highest BCUT2D eigenvalue weighted by Gasteiger charge is 2.35. The third-order valence-corrected chi connectivity index (χ3v) is 5.27. The summed E-state index contributed by atoms with van der Waals surface area (Å²) in [6.45, 7) is 6.06. The molecule has 3 rings (SSSR count). The zero-order valence-electron chi connectivity index (χ0n) is 12.4. The average Bonchev–Trinajstić information content (AvgIpc) is 2.90. The summed E-state index contributed by atoms with van der Waals surface area (Å²) in [6.07, 6.45) is 8.29. The van der Waals surface area contributed by atoms with Crippen molar-refractivity contribution in [1.82, 2.24) is 5.32 Å². The van der Waals surface area contributed by atoms with Gasteiger partial charge in [0.2, 0.25) is 0 Å². The third kappa shape index (κ3) is 2.72. The molecule has 1 heteroatoms. The first kappa shape index (κ1) is 13.2. The lowest BCUT2D eigenvalue weighted by Crippen LogP contribution is -2.39. The molecule has 19 heavy (non-hydrogen) atoms. The Kier molecular flexibility index (Phi) is 3.66. The van der Waals surface area contributed by atoms with E-state index in [9.17, 15) is 0 Å². The minimum Gasteiger partial charge on any atom is -0.309 e. The molecule has 0 radical (unpaired) electrons. The van der Waals surface area contributed by atoms with Gasteiger partial charge in [0.05, 0.1) is 0 Å². The van der Waals surface area contributed by atoms with Crippen molar-refractivity contribution in [1.29, 1.82) is 0 Å². The van der Waals surface area contributed by atoms with Crippen molar-refractivity contribution in [3.63, 3.8) is 0 Å². The van der Waals surface area contributed by atoms with Gasteiger partial charge in [-0.25, -0.2) is 0 Å². The highest BCUT2D eigenvalue weighted by molar-refractivity contribution is 5.34. The lowest BCUT2D eigenvalue weighted by Gasteiger charge is -2.41. The molecule has 0 amide bonds. The molecule has 0 aromatic heterocycles. The molecule has 0 bridgehead atoms. The fourth-order valence-corrected chi connectivity index (χ4v) is 3.95. The number of rotatable bonds is 3. The Morgan fingerprint density at radius 2 is 1.89 bits per heavy atom. The second-order valence-electron chi connectivity index (χ2n) is 7.18. The van der Waals surface area contributed by atoms with Crippen LogP contribution < -0.4 is 5.32 Å². The van der Waals surface area contributed by atoms with Crippen LogP contribution in [0.15, 0.2) is 24.3 Å². The van der Waals surface area contributed by atoms with Gasteiger partial charge in [0, 0.05) is 6.04 Å². The van der Waals surface area contributed by atoms with E-state index in [0.29, 0.717) is 11.5 Å². The monoisotopic (exact) mass is 257 g/mol. The first-order valence-corrected chi connectivity index (χ1v) is 7.98. The third-order valence-electron chi connectivity index (χ3n) is 5.27. The summed E-state index contributed by atoms with van der Waals surface area (Å²) in [6, 6.07) is 9.57. The maximum atomic E-state index is 3.91. The smallest absolute Gasteiger partial charge is 0.0374 e. The first-order chi connectivity index (χ1) is 9.17. The van der Waals surface area contributed by atoms with Crippen LogP contribution in [-0.2, 0) is 6.42 Å². The van der Waals surface area contributed by atoms with Crippen molar-refractivity contribution in [3.8, 4) is 0 Å². The molecule has 1 unspecified atom stereocenters. The van der Waals surface area contributed by atoms with Crippen LogP contribution in [0.5, 0.6) is 0 Å². The maximum absolute atomic E-state index is 3.91. The lowest BCUT2D eigenvalue weighted by molar-refractivity contribution is 0.202. The fraction of sp³-hybridized carbons (Fsp3) is 0.667. The van der Waals surface area contributed by atoms with Gasteiger partial charge in [-0.05, 0) is 54.7 Å². The summed E-state index contributed by atoms with van der Waals surface area (Å²) in [5, 5.41) is 3.91. The molecule has 104 valence electrons. The SMILES string of the molecule is CC1(C)CCc2ccccc2C1NCC1CCCC1. The Labute approximate surface area is 117 Å². The van der Waals surface area contributed by atoms with Crippen LogP contribution in [0.4, 0.5) is 0 Å². The quantitative estimate of drug-likeness (QED) is 0.842. The van der Waals surface area contributed by atoms with Crippen LogP contribution in [0, 0.1) is 11.3 Å². The molecule has 0 heterocycles. The predicted octanol–water partition coefficient (Wildman–Crippen LogP) is 4.48. The summed E-state index contributed by atoms with van der Waals surface area (Å²) >= 11 is 0. The summed E-state index contributed by atoms with van der Waals surface area (Å²) < 4.78 is 0. The number of fused-ring (bicyclic) bond motifs is 1. The predicted molar refractivity (Wildman–Crippen MR) is 81.2 cm³/mol. The van der Waals surface area contributed by atoms with E-state index in [0.717, 1.165) is 5.92 Å². The molecule has 1 aromatic carbocycles. The average molecular weight is 257 g/mol. The molecule has 1 nitrogen and oxygen atoms in total. The number of nitrogens with one attached hydrogen (secondary N) is 1. The zero-order chi connectivity index (χ0) is 13.3. The van der Waals surface area contributed by atoms with Crippen LogP contribution in [0.2, 0.25) is 0 Å². The molecule has 0 saturated heterocycles. The van der Waals surface area contributed by atoms with E-state index in [1.165, 1.54) is 45.1 Å². The Bertz CT molecular complexity index is 429. The number of benzene rings is 1. The molecule has 1 saturated carbocycles. The minimum absolute atomic E-state index is 0.382. The zero-order valence-corrected chi connectivity index (χ0v) is 12.4. The normalized spacial score (nSPS) is 26.3. The van der Waals surface area contributed by atoms with Crippen LogP contribution in [0.1, 0.15) is 63.1 Å². The minimum atomic E-state index is 0.382. The van der Waals surface area contributed by atoms with Gasteiger partial charge in [-0.1, -0.05) is 51.0 Å². The van der Waals surface area contributed by atoms with E-state index < -0.39 is 0 Å². The van der Waals surface area contributed by atoms with Crippen LogP contribution in [0.3, 0.4) is 0 Å². The molecule has 2 aliphatic carbocycles. The van der Waals surface area contributed by atoms with Gasteiger partial charge in [-0.15, -0.1) is 0 Å². The van der Waals surface area contributed by atoms with Gasteiger partial charge in [0.15, 0.2) is 0 Å². The topological polar surface area (TPSA) is 12.0 Å². The van der Waals surface area contributed by atoms with E-state index in [4.69, 9.17) is 0 Å². The van der Waals surface area contributed by atoms with Gasteiger partial charge in [0.1, 0.15) is 0 Å². The Hall–Kier alpha value is -0.820. The van der Waals surface area contributed by atoms with Crippen molar-refractivity contribution in [2.75, 3.05) is 6.54 Å². The van der Waals surface area contributed by atoms with Crippen molar-refractivity contribution < 1.29 is 0 Å². The number of aryl methyl sites for hydroxylation is 1. The molecule has 1 atom stereocenters. The van der Waals surface area contributed by atoms with E-state index in [1.807, 2.05) is 0 Å². The molecule has 1 aromatic rings. The van der Waals surface area contributed by atoms with Crippen molar-refractivity contribution >= 4 is 0 Å². The first-order valence-electron chi connectivity index (χ1n) is 7.98. The highest BCUT2D eigenvalue weighted by Crippen LogP contribution is 2.43. The standard InChI is InChI=1S/C18H27N/c1-18(2)12-11-15-9-5-6-10-16(15)17(18)19-13-14-7-3-4-8-14/h5-6,9-10,14,17,19H,3-4,7-8,11-13H2,1-2H3. The Balaban J connectivity index is 1.76. The maximum Gasteiger partial charge on any atom is 0.0374 e. The highest BCUT2D eigenvalue weighted by atomic mass is 14.9. The fourth-order valence-electron chi connectivity index (χ4n) is 3.95. The van der Waals surface area contributed by atoms with E-state index in [2.05, 4.69) is 43.4 Å². The van der Waals surface area contributed by atoms with Gasteiger partial charge in [-0.2, -0.15) is 0 Å². The number of hydrogen-bond acceptors (Lipinski definition) is 1. The summed E-state index contributed by atoms with van der Waals surface area (Å²) in [5.41, 5.74) is 3.50. The molecule has 0 aliphatic heterocycles. The molecular weight excluding hydrogens is 230 g/mol. The summed E-state index contributed by atoms with van der Waals surface area (Å²) in [7, 11) is 0. The van der Waals surface area contributed by atoms with E-state index >= 15 is 0 Å². The molecule has 0 spiro atoms. The van der Waals surface area contributed by atoms with Gasteiger partial charge in [0.25, 0.3) is 0 Å². The Morgan fingerprint density at radius 3 is 2.68 bits per heavy atom. The van der Waals surface area contributed by atoms with Crippen molar-refractivity contribution in [3.05, 3.63) is 35.4 Å². The van der Waals surface area contributed by atoms with Crippen molar-refractivity contribution in [2.45, 2.75) is 58.4 Å². The van der Waals surface area contributed by atoms with E-state index in [1.54, 1.807) is 11.1 Å². The molecular formula is C18H27N. The van der Waals surface area contributed by atoms with Gasteiger partial charge < -0.3 is 5.32 Å². The van der Waals surface area contributed by atoms with Crippen LogP contribution in [0.25, 0.3) is 0 Å². The van der Waals surface area contributed by atoms with Crippen LogP contribution >= 0.6 is 0 Å². The van der Waals surface area contributed by atoms with Gasteiger partial charge in [-0.3, -0.25) is 0 Å².